The zero-order valence-electron chi connectivity index (χ0n) is 38.7. The largest absolute Gasteiger partial charge is 0.456 e. The van der Waals surface area contributed by atoms with Crippen molar-refractivity contribution < 1.29 is 4.42 Å². The third-order valence-corrected chi connectivity index (χ3v) is 15.4. The molecule has 0 aliphatic rings. The molecule has 0 saturated carbocycles. The Kier molecular flexibility index (Phi) is 7.97. The Labute approximate surface area is 411 Å². The van der Waals surface area contributed by atoms with Crippen molar-refractivity contribution in [1.82, 2.24) is 13.5 Å². The highest BCUT2D eigenvalue weighted by Crippen LogP contribution is 2.44. The summed E-state index contributed by atoms with van der Waals surface area (Å²) >= 11 is 0. The summed E-state index contributed by atoms with van der Waals surface area (Å²) in [7, 11) is 0. The van der Waals surface area contributed by atoms with E-state index in [1.165, 1.54) is 43.7 Å². The number of aromatic nitrogens is 3. The maximum absolute atomic E-state index is 14.6. The molecule has 0 N–H and O–H groups in total. The van der Waals surface area contributed by atoms with Gasteiger partial charge in [0.25, 0.3) is 5.56 Å². The van der Waals surface area contributed by atoms with Gasteiger partial charge in [0.1, 0.15) is 11.2 Å². The van der Waals surface area contributed by atoms with Crippen LogP contribution in [-0.4, -0.2) is 13.5 Å². The summed E-state index contributed by atoms with van der Waals surface area (Å²) in [4.78, 5) is 14.6. The second-order valence-electron chi connectivity index (χ2n) is 19.2. The van der Waals surface area contributed by atoms with Crippen LogP contribution in [0.4, 0.5) is 0 Å². The molecule has 11 aromatic carbocycles. The highest BCUT2D eigenvalue weighted by molar-refractivity contribution is 6.23. The molecule has 334 valence electrons. The number of fused-ring (bicyclic) bond motifs is 14. The Hall–Kier alpha value is -9.71. The van der Waals surface area contributed by atoms with Crippen LogP contribution in [0, 0.1) is 0 Å². The van der Waals surface area contributed by atoms with E-state index in [0.717, 1.165) is 99.2 Å². The van der Waals surface area contributed by atoms with Crippen molar-refractivity contribution in [2.75, 3.05) is 0 Å². The molecule has 5 nitrogen and oxygen atoms in total. The highest BCUT2D eigenvalue weighted by Gasteiger charge is 2.22. The van der Waals surface area contributed by atoms with Gasteiger partial charge in [0.15, 0.2) is 0 Å². The van der Waals surface area contributed by atoms with E-state index in [1.54, 1.807) is 0 Å². The molecule has 16 aromatic rings. The molecule has 0 amide bonds. The molecule has 0 aliphatic carbocycles. The summed E-state index contributed by atoms with van der Waals surface area (Å²) in [5.41, 5.74) is 17.1. The lowest BCUT2D eigenvalue weighted by atomic mass is 9.94. The fraction of sp³-hybridized carbons (Fsp3) is 0. The van der Waals surface area contributed by atoms with Crippen LogP contribution in [0.15, 0.2) is 246 Å². The van der Waals surface area contributed by atoms with Gasteiger partial charge in [-0.15, -0.1) is 0 Å². The second-order valence-corrected chi connectivity index (χ2v) is 19.2. The number of nitrogens with zero attached hydrogens (tertiary/aromatic N) is 3. The van der Waals surface area contributed by atoms with Crippen LogP contribution in [0.3, 0.4) is 0 Å². The van der Waals surface area contributed by atoms with Gasteiger partial charge in [-0.2, -0.15) is 0 Å². The van der Waals surface area contributed by atoms with Gasteiger partial charge in [-0.05, 0) is 142 Å². The molecule has 0 unspecified atom stereocenters. The maximum Gasteiger partial charge on any atom is 0.263 e. The average Bonchev–Trinajstić information content (AvgIpc) is 4.19. The first-order chi connectivity index (χ1) is 35.6. The second kappa shape index (κ2) is 14.7. The van der Waals surface area contributed by atoms with Crippen molar-refractivity contribution in [3.63, 3.8) is 0 Å². The fourth-order valence-corrected chi connectivity index (χ4v) is 12.2. The van der Waals surface area contributed by atoms with Crippen LogP contribution in [-0.2, 0) is 0 Å². The topological polar surface area (TPSA) is 44.5 Å². The molecule has 5 aromatic heterocycles. The van der Waals surface area contributed by atoms with Gasteiger partial charge in [-0.3, -0.25) is 9.20 Å². The van der Waals surface area contributed by atoms with E-state index in [4.69, 9.17) is 4.42 Å². The van der Waals surface area contributed by atoms with E-state index in [-0.39, 0.29) is 5.56 Å². The van der Waals surface area contributed by atoms with Crippen LogP contribution in [0.1, 0.15) is 0 Å². The first kappa shape index (κ1) is 39.2. The van der Waals surface area contributed by atoms with E-state index >= 15 is 0 Å². The van der Waals surface area contributed by atoms with Gasteiger partial charge < -0.3 is 13.6 Å². The number of para-hydroxylation sites is 4. The van der Waals surface area contributed by atoms with Crippen molar-refractivity contribution in [2.24, 2.45) is 0 Å². The molecule has 0 radical (unpaired) electrons. The van der Waals surface area contributed by atoms with Gasteiger partial charge in [0.2, 0.25) is 0 Å². The summed E-state index contributed by atoms with van der Waals surface area (Å²) < 4.78 is 13.3. The zero-order valence-corrected chi connectivity index (χ0v) is 38.7. The van der Waals surface area contributed by atoms with Gasteiger partial charge in [-0.1, -0.05) is 133 Å². The number of rotatable bonds is 5. The molecule has 0 saturated heterocycles. The third kappa shape index (κ3) is 5.45. The van der Waals surface area contributed by atoms with E-state index in [9.17, 15) is 4.79 Å². The SMILES string of the molecule is O=c1c2ccc(-c3cccc4oc5ccc(-n6c7ccccc7c7cc(-c8ccc9c(c8)c8ccccc8n9-c8ccccc8)ccc76)cc5c34)cc2c2cc(-c3ccccc3)cc3c4ccccc4n1c23. The molecule has 16 rings (SSSR count). The monoisotopic (exact) mass is 917 g/mol. The van der Waals surface area contributed by atoms with Crippen LogP contribution >= 0.6 is 0 Å². The predicted molar refractivity (Wildman–Crippen MR) is 300 cm³/mol. The number of furan rings is 1. The molecular weight excluding hydrogens is 879 g/mol. The Morgan fingerprint density at radius 2 is 0.833 bits per heavy atom. The number of hydrogen-bond donors (Lipinski definition) is 0. The lowest BCUT2D eigenvalue weighted by molar-refractivity contribution is 0.669. The lowest BCUT2D eigenvalue weighted by Crippen LogP contribution is -2.13. The number of pyridine rings is 1. The normalized spacial score (nSPS) is 12.2. The van der Waals surface area contributed by atoms with Gasteiger partial charge in [0.05, 0.1) is 33.1 Å². The molecule has 0 spiro atoms. The fourth-order valence-electron chi connectivity index (χ4n) is 12.2. The van der Waals surface area contributed by atoms with Gasteiger partial charge >= 0.3 is 0 Å². The first-order valence-electron chi connectivity index (χ1n) is 24.5. The van der Waals surface area contributed by atoms with E-state index < -0.39 is 0 Å². The van der Waals surface area contributed by atoms with Crippen molar-refractivity contribution >= 4 is 104 Å². The van der Waals surface area contributed by atoms with Crippen molar-refractivity contribution in [3.8, 4) is 44.8 Å². The molecule has 0 bridgehead atoms. The summed E-state index contributed by atoms with van der Waals surface area (Å²) in [6.07, 6.45) is 0. The van der Waals surface area contributed by atoms with Crippen molar-refractivity contribution in [1.29, 1.82) is 0 Å². The Bertz CT molecular complexity index is 5000. The minimum Gasteiger partial charge on any atom is -0.456 e. The smallest absolute Gasteiger partial charge is 0.263 e. The molecule has 5 heterocycles. The molecule has 0 fully saturated rings. The summed E-state index contributed by atoms with van der Waals surface area (Å²) in [5.74, 6) is 0. The van der Waals surface area contributed by atoms with Crippen molar-refractivity contribution in [3.05, 3.63) is 247 Å². The molecule has 0 atom stereocenters. The zero-order chi connectivity index (χ0) is 47.2. The molecule has 0 aliphatic heterocycles. The van der Waals surface area contributed by atoms with Crippen LogP contribution < -0.4 is 5.56 Å². The van der Waals surface area contributed by atoms with Crippen LogP contribution in [0.25, 0.3) is 148 Å². The average molecular weight is 918 g/mol. The number of hydrogen-bond acceptors (Lipinski definition) is 2. The highest BCUT2D eigenvalue weighted by atomic mass is 16.3. The Morgan fingerprint density at radius 3 is 1.53 bits per heavy atom. The Morgan fingerprint density at radius 1 is 0.292 bits per heavy atom. The van der Waals surface area contributed by atoms with Crippen molar-refractivity contribution in [2.45, 2.75) is 0 Å². The van der Waals surface area contributed by atoms with Gasteiger partial charge in [0, 0.05) is 65.2 Å². The Balaban J connectivity index is 0.865. The molecular formula is C67H39N3O2. The predicted octanol–water partition coefficient (Wildman–Crippen LogP) is 17.3. The summed E-state index contributed by atoms with van der Waals surface area (Å²) in [6, 6.07) is 84.4. The summed E-state index contributed by atoms with van der Waals surface area (Å²) in [6.45, 7) is 0. The standard InChI is InChI=1S/C67H39N3O2/c71-67-51-30-26-43(36-52(51)56-38-44(40-14-3-1-4-15-40)37-55-50-20-9-12-24-60(50)70(67)66(55)56)47-21-13-25-64-65(47)57-39-46(29-33-63(57)72-64)69-59-23-11-8-19-49(59)54-35-42(28-32-62(54)69)41-27-31-61-53(34-41)48-18-7-10-22-58(48)68(61)45-16-5-2-6-17-45/h1-39H. The minimum atomic E-state index is -0.00848. The van der Waals surface area contributed by atoms with Crippen LogP contribution in [0.5, 0.6) is 0 Å². The van der Waals surface area contributed by atoms with Crippen LogP contribution in [0.2, 0.25) is 0 Å². The summed E-state index contributed by atoms with van der Waals surface area (Å²) in [5, 5.41) is 11.8. The van der Waals surface area contributed by atoms with E-state index in [0.29, 0.717) is 5.39 Å². The number of benzene rings is 11. The minimum absolute atomic E-state index is 0.00848. The van der Waals surface area contributed by atoms with E-state index in [2.05, 4.69) is 234 Å². The quantitative estimate of drug-likeness (QED) is 0.162. The molecule has 5 heteroatoms. The maximum atomic E-state index is 14.6. The lowest BCUT2D eigenvalue weighted by Gasteiger charge is -2.12. The molecule has 72 heavy (non-hydrogen) atoms. The third-order valence-electron chi connectivity index (χ3n) is 15.4. The first-order valence-corrected chi connectivity index (χ1v) is 24.5. The van der Waals surface area contributed by atoms with Gasteiger partial charge in [-0.25, -0.2) is 0 Å². The van der Waals surface area contributed by atoms with E-state index in [1.807, 2.05) is 16.5 Å².